The lowest BCUT2D eigenvalue weighted by molar-refractivity contribution is -0.145. The smallest absolute Gasteiger partial charge is 0.247 e. The van der Waals surface area contributed by atoms with Crippen LogP contribution < -0.4 is 0 Å². The number of hydrogen-bond acceptors (Lipinski definition) is 5. The zero-order chi connectivity index (χ0) is 25.2. The van der Waals surface area contributed by atoms with E-state index in [2.05, 4.69) is 45.1 Å². The predicted octanol–water partition coefficient (Wildman–Crippen LogP) is 2.84. The van der Waals surface area contributed by atoms with E-state index in [0.717, 1.165) is 32.1 Å². The maximum absolute atomic E-state index is 14.2. The summed E-state index contributed by atoms with van der Waals surface area (Å²) in [4.78, 5) is 47.7. The molecule has 194 valence electrons. The molecule has 1 N–H and O–H groups in total. The molecule has 3 amide bonds. The van der Waals surface area contributed by atoms with E-state index in [4.69, 9.17) is 0 Å². The van der Waals surface area contributed by atoms with E-state index in [1.807, 2.05) is 9.80 Å². The van der Waals surface area contributed by atoms with Crippen molar-refractivity contribution < 1.29 is 19.5 Å². The van der Waals surface area contributed by atoms with Crippen molar-refractivity contribution in [2.75, 3.05) is 32.8 Å². The minimum Gasteiger partial charge on any atom is -0.396 e. The molecule has 4 rings (SSSR count). The van der Waals surface area contributed by atoms with Gasteiger partial charge in [0.1, 0.15) is 6.04 Å². The topological polar surface area (TPSA) is 81.2 Å². The van der Waals surface area contributed by atoms with Crippen LogP contribution in [0.5, 0.6) is 0 Å². The molecule has 0 aromatic carbocycles. The molecule has 2 unspecified atom stereocenters. The Morgan fingerprint density at radius 3 is 2.54 bits per heavy atom. The van der Waals surface area contributed by atoms with Crippen molar-refractivity contribution in [3.8, 4) is 0 Å². The van der Waals surface area contributed by atoms with Crippen molar-refractivity contribution in [2.45, 2.75) is 81.4 Å². The molecule has 0 aromatic rings. The summed E-state index contributed by atoms with van der Waals surface area (Å²) in [5.74, 6) is -0.968. The molecule has 4 aliphatic heterocycles. The summed E-state index contributed by atoms with van der Waals surface area (Å²) in [5, 5.41) is 9.10. The Labute approximate surface area is 214 Å². The van der Waals surface area contributed by atoms with Gasteiger partial charge in [0.2, 0.25) is 17.7 Å². The fraction of sp³-hybridized carbons (Fsp3) is 0.741. The van der Waals surface area contributed by atoms with E-state index in [0.29, 0.717) is 32.6 Å². The maximum atomic E-state index is 14.2. The van der Waals surface area contributed by atoms with Gasteiger partial charge in [-0.25, -0.2) is 0 Å². The Balaban J connectivity index is 1.73. The maximum Gasteiger partial charge on any atom is 0.247 e. The average molecular weight is 504 g/mol. The largest absolute Gasteiger partial charge is 0.396 e. The second-order valence-corrected chi connectivity index (χ2v) is 11.9. The Morgan fingerprint density at radius 2 is 1.83 bits per heavy atom. The Bertz CT molecular complexity index is 876. The third kappa shape index (κ3) is 4.57. The number of carbonyl (C=O) groups is 3. The summed E-state index contributed by atoms with van der Waals surface area (Å²) in [6, 6.07) is -0.499. The fourth-order valence-corrected chi connectivity index (χ4v) is 8.47. The number of nitrogens with zero attached hydrogens (tertiary/aromatic N) is 3. The quantitative estimate of drug-likeness (QED) is 0.366. The number of aliphatic hydroxyl groups is 1. The second kappa shape index (κ2) is 11.1. The molecule has 0 radical (unpaired) electrons. The van der Waals surface area contributed by atoms with Crippen molar-refractivity contribution in [3.63, 3.8) is 0 Å². The molecule has 8 heteroatoms. The molecule has 4 heterocycles. The molecule has 2 fully saturated rings. The number of unbranched alkanes of at least 4 members (excludes halogenated alkanes) is 2. The molecule has 4 aliphatic rings. The van der Waals surface area contributed by atoms with Crippen LogP contribution in [0.25, 0.3) is 0 Å². The molecule has 0 bridgehead atoms. The number of likely N-dealkylation sites (tertiary alicyclic amines) is 1. The van der Waals surface area contributed by atoms with Gasteiger partial charge in [0.25, 0.3) is 0 Å². The van der Waals surface area contributed by atoms with Crippen LogP contribution in [-0.4, -0.2) is 92.4 Å². The minimum atomic E-state index is -0.726. The lowest BCUT2D eigenvalue weighted by atomic mass is 9.78. The van der Waals surface area contributed by atoms with Crippen LogP contribution in [0.4, 0.5) is 0 Å². The Kier molecular flexibility index (Phi) is 8.31. The van der Waals surface area contributed by atoms with Crippen LogP contribution in [0.15, 0.2) is 24.3 Å². The van der Waals surface area contributed by atoms with Crippen LogP contribution in [0, 0.1) is 11.8 Å². The molecule has 6 atom stereocenters. The zero-order valence-electron chi connectivity index (χ0n) is 21.4. The van der Waals surface area contributed by atoms with E-state index in [-0.39, 0.29) is 35.6 Å². The number of aliphatic hydroxyl groups excluding tert-OH is 1. The minimum absolute atomic E-state index is 0.0137. The first-order valence-corrected chi connectivity index (χ1v) is 14.3. The number of hydrogen-bond donors (Lipinski definition) is 1. The highest BCUT2D eigenvalue weighted by atomic mass is 32.2. The number of amides is 3. The molecule has 0 aliphatic carbocycles. The SMILES string of the molecule is CCCC(C)N1CC=C[C@]23S[C@@H]4C=CCN(CCC)C(=O)[C@@H]4[C@H]2C(=O)N(CCCCCO)C3C1=O. The summed E-state index contributed by atoms with van der Waals surface area (Å²) in [7, 11) is 0. The Morgan fingerprint density at radius 1 is 1.03 bits per heavy atom. The van der Waals surface area contributed by atoms with E-state index in [1.165, 1.54) is 0 Å². The summed E-state index contributed by atoms with van der Waals surface area (Å²) < 4.78 is -0.726. The van der Waals surface area contributed by atoms with Gasteiger partial charge in [-0.15, -0.1) is 11.8 Å². The van der Waals surface area contributed by atoms with Crippen LogP contribution in [0.1, 0.15) is 59.3 Å². The molecule has 0 saturated carbocycles. The van der Waals surface area contributed by atoms with E-state index < -0.39 is 22.6 Å². The van der Waals surface area contributed by atoms with Gasteiger partial charge in [-0.1, -0.05) is 44.6 Å². The second-order valence-electron chi connectivity index (χ2n) is 10.4. The van der Waals surface area contributed by atoms with Crippen molar-refractivity contribution in [1.29, 1.82) is 0 Å². The van der Waals surface area contributed by atoms with Gasteiger partial charge in [-0.2, -0.15) is 0 Å². The van der Waals surface area contributed by atoms with Gasteiger partial charge in [0.05, 0.1) is 16.6 Å². The summed E-state index contributed by atoms with van der Waals surface area (Å²) in [5.41, 5.74) is 0. The fourth-order valence-electron chi connectivity index (χ4n) is 6.46. The third-order valence-electron chi connectivity index (χ3n) is 8.06. The third-order valence-corrected chi connectivity index (χ3v) is 9.81. The Hall–Kier alpha value is -1.80. The predicted molar refractivity (Wildman–Crippen MR) is 139 cm³/mol. The highest BCUT2D eigenvalue weighted by molar-refractivity contribution is 8.02. The van der Waals surface area contributed by atoms with Gasteiger partial charge >= 0.3 is 0 Å². The van der Waals surface area contributed by atoms with Gasteiger partial charge in [-0.3, -0.25) is 14.4 Å². The molecule has 2 saturated heterocycles. The van der Waals surface area contributed by atoms with Crippen LogP contribution in [-0.2, 0) is 14.4 Å². The molecular weight excluding hydrogens is 462 g/mol. The van der Waals surface area contributed by atoms with Crippen molar-refractivity contribution in [1.82, 2.24) is 14.7 Å². The summed E-state index contributed by atoms with van der Waals surface area (Å²) >= 11 is 1.66. The van der Waals surface area contributed by atoms with Crippen molar-refractivity contribution in [2.24, 2.45) is 11.8 Å². The monoisotopic (exact) mass is 503 g/mol. The first-order chi connectivity index (χ1) is 16.9. The van der Waals surface area contributed by atoms with Gasteiger partial charge in [0, 0.05) is 44.1 Å². The van der Waals surface area contributed by atoms with E-state index in [1.54, 1.807) is 16.7 Å². The highest BCUT2D eigenvalue weighted by Crippen LogP contribution is 2.61. The van der Waals surface area contributed by atoms with Crippen LogP contribution in [0.3, 0.4) is 0 Å². The van der Waals surface area contributed by atoms with Gasteiger partial charge < -0.3 is 19.8 Å². The first-order valence-electron chi connectivity index (χ1n) is 13.4. The van der Waals surface area contributed by atoms with Gasteiger partial charge in [-0.05, 0) is 39.0 Å². The molecule has 7 nitrogen and oxygen atoms in total. The lowest BCUT2D eigenvalue weighted by Crippen LogP contribution is -2.55. The molecular formula is C27H41N3O4S. The number of thioether (sulfide) groups is 1. The van der Waals surface area contributed by atoms with E-state index in [9.17, 15) is 19.5 Å². The molecule has 35 heavy (non-hydrogen) atoms. The van der Waals surface area contributed by atoms with Crippen LogP contribution >= 0.6 is 11.8 Å². The summed E-state index contributed by atoms with van der Waals surface area (Å²) in [6.07, 6.45) is 13.3. The van der Waals surface area contributed by atoms with Crippen LogP contribution in [0.2, 0.25) is 0 Å². The molecule has 0 aromatic heterocycles. The first kappa shape index (κ1) is 26.3. The number of rotatable bonds is 10. The zero-order valence-corrected chi connectivity index (χ0v) is 22.2. The van der Waals surface area contributed by atoms with Crippen molar-refractivity contribution >= 4 is 29.5 Å². The standard InChI is InChI=1S/C27H41N3O4S/c1-4-11-19(3)29-17-10-13-27-22(21-20(35-27)12-9-15-28(14-5-2)24(21)32)25(33)30(23(27)26(29)34)16-7-6-8-18-31/h9-10,12-13,19-23,31H,4-8,11,14-18H2,1-3H3/t19?,20-,21+,22+,23?,27+/m1/s1. The van der Waals surface area contributed by atoms with Crippen molar-refractivity contribution in [3.05, 3.63) is 24.3 Å². The van der Waals surface area contributed by atoms with Gasteiger partial charge in [0.15, 0.2) is 0 Å². The normalized spacial score (nSPS) is 33.0. The highest BCUT2D eigenvalue weighted by Gasteiger charge is 2.70. The van der Waals surface area contributed by atoms with E-state index >= 15 is 0 Å². The average Bonchev–Trinajstić information content (AvgIpc) is 3.14. The summed E-state index contributed by atoms with van der Waals surface area (Å²) in [6.45, 7) is 8.69. The number of fused-ring (bicyclic) bond motifs is 2. The molecule has 1 spiro atoms. The number of carbonyl (C=O) groups excluding carboxylic acids is 3. The lowest BCUT2D eigenvalue weighted by Gasteiger charge is -2.37.